The highest BCUT2D eigenvalue weighted by Crippen LogP contribution is 2.32. The molecule has 0 unspecified atom stereocenters. The Morgan fingerprint density at radius 3 is 2.87 bits per heavy atom. The first-order valence-electron chi connectivity index (χ1n) is 5.12. The summed E-state index contributed by atoms with van der Waals surface area (Å²) in [6, 6.07) is 3.85. The van der Waals surface area contributed by atoms with Crippen molar-refractivity contribution in [2.45, 2.75) is 12.8 Å². The van der Waals surface area contributed by atoms with Crippen LogP contribution in [0.25, 0.3) is 11.1 Å². The van der Waals surface area contributed by atoms with E-state index in [9.17, 15) is 0 Å². The summed E-state index contributed by atoms with van der Waals surface area (Å²) in [5.74, 6) is 0. The molecular weight excluding hydrogens is 212 g/mol. The molecule has 0 saturated carbocycles. The Morgan fingerprint density at radius 2 is 2.07 bits per heavy atom. The van der Waals surface area contributed by atoms with Gasteiger partial charge in [-0.15, -0.1) is 0 Å². The smallest absolute Gasteiger partial charge is 0.181 e. The maximum absolute atomic E-state index is 6.22. The number of hydrogen-bond acceptors (Lipinski definition) is 3. The largest absolute Gasteiger partial charge is 0.443 e. The van der Waals surface area contributed by atoms with E-state index in [-0.39, 0.29) is 0 Å². The lowest BCUT2D eigenvalue weighted by atomic mass is 10.2. The Hall–Kier alpha value is -1.22. The number of rotatable bonds is 1. The summed E-state index contributed by atoms with van der Waals surface area (Å²) in [6.45, 7) is 2.17. The van der Waals surface area contributed by atoms with Gasteiger partial charge in [-0.2, -0.15) is 0 Å². The van der Waals surface area contributed by atoms with Crippen molar-refractivity contribution in [3.8, 4) is 0 Å². The zero-order valence-electron chi connectivity index (χ0n) is 8.24. The molecule has 0 atom stereocenters. The lowest BCUT2D eigenvalue weighted by molar-refractivity contribution is 0.602. The molecule has 2 aromatic rings. The molecule has 3 rings (SSSR count). The minimum Gasteiger partial charge on any atom is -0.443 e. The van der Waals surface area contributed by atoms with E-state index in [1.807, 2.05) is 12.1 Å². The number of anilines is 1. The van der Waals surface area contributed by atoms with Crippen LogP contribution in [-0.2, 0) is 0 Å². The number of nitrogens with zero attached hydrogens (tertiary/aromatic N) is 2. The molecule has 78 valence electrons. The first-order valence-corrected chi connectivity index (χ1v) is 5.50. The summed E-state index contributed by atoms with van der Waals surface area (Å²) < 4.78 is 5.28. The average Bonchev–Trinajstić information content (AvgIpc) is 2.85. The van der Waals surface area contributed by atoms with Crippen molar-refractivity contribution in [1.29, 1.82) is 0 Å². The molecular formula is C11H11ClN2O. The number of aromatic nitrogens is 1. The summed E-state index contributed by atoms with van der Waals surface area (Å²) in [5.41, 5.74) is 2.70. The standard InChI is InChI=1S/C11H11ClN2O/c12-8-5-9-11(15-7-13-9)6-10(8)14-3-1-2-4-14/h5-7H,1-4H2. The first-order chi connectivity index (χ1) is 7.34. The third-order valence-electron chi connectivity index (χ3n) is 2.85. The summed E-state index contributed by atoms with van der Waals surface area (Å²) in [7, 11) is 0. The molecule has 1 aromatic carbocycles. The maximum atomic E-state index is 6.22. The molecule has 0 aliphatic carbocycles. The molecule has 1 aromatic heterocycles. The zero-order valence-corrected chi connectivity index (χ0v) is 9.00. The van der Waals surface area contributed by atoms with Gasteiger partial charge in [-0.25, -0.2) is 4.98 Å². The molecule has 0 bridgehead atoms. The predicted molar refractivity (Wildman–Crippen MR) is 60.5 cm³/mol. The fourth-order valence-corrected chi connectivity index (χ4v) is 2.35. The lowest BCUT2D eigenvalue weighted by Gasteiger charge is -2.18. The molecule has 4 heteroatoms. The van der Waals surface area contributed by atoms with Gasteiger partial charge in [-0.3, -0.25) is 0 Å². The number of oxazole rings is 1. The van der Waals surface area contributed by atoms with Crippen molar-refractivity contribution in [3.05, 3.63) is 23.5 Å². The summed E-state index contributed by atoms with van der Waals surface area (Å²) in [6.07, 6.45) is 3.93. The second-order valence-electron chi connectivity index (χ2n) is 3.82. The number of hydrogen-bond donors (Lipinski definition) is 0. The topological polar surface area (TPSA) is 29.3 Å². The highest BCUT2D eigenvalue weighted by Gasteiger charge is 2.16. The molecule has 1 fully saturated rings. The molecule has 1 aliphatic heterocycles. The summed E-state index contributed by atoms with van der Waals surface area (Å²) in [4.78, 5) is 6.37. The van der Waals surface area contributed by atoms with Gasteiger partial charge in [0, 0.05) is 19.2 Å². The summed E-state index contributed by atoms with van der Waals surface area (Å²) in [5, 5.41) is 0.762. The predicted octanol–water partition coefficient (Wildman–Crippen LogP) is 3.08. The van der Waals surface area contributed by atoms with Crippen LogP contribution in [0.15, 0.2) is 22.9 Å². The van der Waals surface area contributed by atoms with Gasteiger partial charge >= 0.3 is 0 Å². The molecule has 0 amide bonds. The molecule has 1 saturated heterocycles. The van der Waals surface area contributed by atoms with Gasteiger partial charge in [-0.1, -0.05) is 11.6 Å². The number of halogens is 1. The van der Waals surface area contributed by atoms with Crippen molar-refractivity contribution >= 4 is 28.4 Å². The molecule has 0 radical (unpaired) electrons. The molecule has 1 aliphatic rings. The van der Waals surface area contributed by atoms with Crippen LogP contribution in [0.2, 0.25) is 5.02 Å². The van der Waals surface area contributed by atoms with E-state index in [0.717, 1.165) is 34.9 Å². The zero-order chi connectivity index (χ0) is 10.3. The van der Waals surface area contributed by atoms with E-state index in [4.69, 9.17) is 16.0 Å². The monoisotopic (exact) mass is 222 g/mol. The molecule has 0 spiro atoms. The van der Waals surface area contributed by atoms with E-state index >= 15 is 0 Å². The fourth-order valence-electron chi connectivity index (χ4n) is 2.07. The molecule has 2 heterocycles. The van der Waals surface area contributed by atoms with Crippen molar-refractivity contribution in [2.75, 3.05) is 18.0 Å². The van der Waals surface area contributed by atoms with Crippen LogP contribution in [0.4, 0.5) is 5.69 Å². The molecule has 3 nitrogen and oxygen atoms in total. The number of benzene rings is 1. The van der Waals surface area contributed by atoms with Gasteiger partial charge in [-0.05, 0) is 18.9 Å². The molecule has 15 heavy (non-hydrogen) atoms. The van der Waals surface area contributed by atoms with Crippen molar-refractivity contribution in [3.63, 3.8) is 0 Å². The van der Waals surface area contributed by atoms with Crippen LogP contribution in [0.3, 0.4) is 0 Å². The van der Waals surface area contributed by atoms with Crippen LogP contribution in [-0.4, -0.2) is 18.1 Å². The van der Waals surface area contributed by atoms with Crippen molar-refractivity contribution < 1.29 is 4.42 Å². The normalized spacial score (nSPS) is 16.5. The quantitative estimate of drug-likeness (QED) is 0.743. The van der Waals surface area contributed by atoms with Gasteiger partial charge < -0.3 is 9.32 Å². The van der Waals surface area contributed by atoms with Crippen LogP contribution in [0, 0.1) is 0 Å². The second kappa shape index (κ2) is 3.42. The van der Waals surface area contributed by atoms with Crippen molar-refractivity contribution in [1.82, 2.24) is 4.98 Å². The highest BCUT2D eigenvalue weighted by molar-refractivity contribution is 6.34. The van der Waals surface area contributed by atoms with Gasteiger partial charge in [0.1, 0.15) is 5.52 Å². The first kappa shape index (κ1) is 9.04. The maximum Gasteiger partial charge on any atom is 0.181 e. The highest BCUT2D eigenvalue weighted by atomic mass is 35.5. The molecule has 0 N–H and O–H groups in total. The third-order valence-corrected chi connectivity index (χ3v) is 3.15. The van der Waals surface area contributed by atoms with E-state index in [1.54, 1.807) is 0 Å². The average molecular weight is 223 g/mol. The van der Waals surface area contributed by atoms with Crippen LogP contribution >= 0.6 is 11.6 Å². The van der Waals surface area contributed by atoms with Gasteiger partial charge in [0.05, 0.1) is 10.7 Å². The minimum atomic E-state index is 0.762. The third kappa shape index (κ3) is 1.47. The van der Waals surface area contributed by atoms with Crippen LogP contribution in [0.5, 0.6) is 0 Å². The minimum absolute atomic E-state index is 0.762. The summed E-state index contributed by atoms with van der Waals surface area (Å²) >= 11 is 6.22. The number of fused-ring (bicyclic) bond motifs is 1. The Balaban J connectivity index is 2.11. The Kier molecular flexibility index (Phi) is 2.06. The van der Waals surface area contributed by atoms with E-state index in [0.29, 0.717) is 0 Å². The van der Waals surface area contributed by atoms with E-state index in [1.165, 1.54) is 19.2 Å². The Labute approximate surface area is 92.6 Å². The van der Waals surface area contributed by atoms with Crippen molar-refractivity contribution in [2.24, 2.45) is 0 Å². The fraction of sp³-hybridized carbons (Fsp3) is 0.364. The van der Waals surface area contributed by atoms with E-state index < -0.39 is 0 Å². The van der Waals surface area contributed by atoms with Gasteiger partial charge in [0.2, 0.25) is 0 Å². The van der Waals surface area contributed by atoms with Gasteiger partial charge in [0.25, 0.3) is 0 Å². The van der Waals surface area contributed by atoms with Gasteiger partial charge in [0.15, 0.2) is 12.0 Å². The van der Waals surface area contributed by atoms with Crippen LogP contribution in [0.1, 0.15) is 12.8 Å². The van der Waals surface area contributed by atoms with E-state index in [2.05, 4.69) is 9.88 Å². The lowest BCUT2D eigenvalue weighted by Crippen LogP contribution is -2.17. The Bertz CT molecular complexity index is 488. The SMILES string of the molecule is Clc1cc2ncoc2cc1N1CCCC1. The second-order valence-corrected chi connectivity index (χ2v) is 4.23. The van der Waals surface area contributed by atoms with Crippen LogP contribution < -0.4 is 4.90 Å². The Morgan fingerprint density at radius 1 is 1.27 bits per heavy atom.